The van der Waals surface area contributed by atoms with Crippen molar-refractivity contribution in [2.75, 3.05) is 14.2 Å². The molecule has 0 aliphatic heterocycles. The van der Waals surface area contributed by atoms with Gasteiger partial charge in [-0.05, 0) is 23.6 Å². The molecule has 0 aliphatic rings. The van der Waals surface area contributed by atoms with Crippen LogP contribution < -0.4 is 10.1 Å². The molecule has 100 valence electrons. The molecule has 0 saturated carbocycles. The zero-order chi connectivity index (χ0) is 13.5. The smallest absolute Gasteiger partial charge is 0.323 e. The standard InChI is InChI=1S/C14H21NO3/c1-10(2)13(14(16)18-4)15-9-11-5-7-12(17-3)8-6-11/h5-8,10,13,15H,9H2,1-4H3/t13-/m1/s1. The first kappa shape index (κ1) is 14.5. The Labute approximate surface area is 108 Å². The molecule has 0 aromatic heterocycles. The first-order valence-electron chi connectivity index (χ1n) is 6.02. The van der Waals surface area contributed by atoms with Gasteiger partial charge in [-0.3, -0.25) is 4.79 Å². The Kier molecular flexibility index (Phi) is 5.65. The number of methoxy groups -OCH3 is 2. The van der Waals surface area contributed by atoms with Crippen molar-refractivity contribution >= 4 is 5.97 Å². The number of hydrogen-bond acceptors (Lipinski definition) is 4. The van der Waals surface area contributed by atoms with E-state index >= 15 is 0 Å². The summed E-state index contributed by atoms with van der Waals surface area (Å²) in [5.74, 6) is 0.793. The van der Waals surface area contributed by atoms with Crippen LogP contribution in [0.25, 0.3) is 0 Å². The number of rotatable bonds is 6. The Morgan fingerprint density at radius 1 is 1.22 bits per heavy atom. The summed E-state index contributed by atoms with van der Waals surface area (Å²) in [5.41, 5.74) is 1.10. The molecular weight excluding hydrogens is 230 g/mol. The van der Waals surface area contributed by atoms with E-state index < -0.39 is 0 Å². The van der Waals surface area contributed by atoms with E-state index in [1.165, 1.54) is 7.11 Å². The second-order valence-electron chi connectivity index (χ2n) is 4.47. The summed E-state index contributed by atoms with van der Waals surface area (Å²) >= 11 is 0. The van der Waals surface area contributed by atoms with E-state index in [9.17, 15) is 4.79 Å². The Morgan fingerprint density at radius 3 is 2.28 bits per heavy atom. The van der Waals surface area contributed by atoms with Crippen LogP contribution in [-0.2, 0) is 16.1 Å². The number of hydrogen-bond donors (Lipinski definition) is 1. The minimum absolute atomic E-state index is 0.190. The van der Waals surface area contributed by atoms with Crippen molar-refractivity contribution in [1.29, 1.82) is 0 Å². The zero-order valence-corrected chi connectivity index (χ0v) is 11.4. The van der Waals surface area contributed by atoms with Crippen LogP contribution in [-0.4, -0.2) is 26.2 Å². The predicted molar refractivity (Wildman–Crippen MR) is 70.5 cm³/mol. The summed E-state index contributed by atoms with van der Waals surface area (Å²) in [6, 6.07) is 7.47. The molecule has 18 heavy (non-hydrogen) atoms. The summed E-state index contributed by atoms with van der Waals surface area (Å²) in [6.07, 6.45) is 0. The maximum atomic E-state index is 11.6. The lowest BCUT2D eigenvalue weighted by molar-refractivity contribution is -0.144. The molecule has 1 atom stereocenters. The average Bonchev–Trinajstić information content (AvgIpc) is 2.39. The van der Waals surface area contributed by atoms with Crippen LogP contribution in [0.15, 0.2) is 24.3 Å². The SMILES string of the molecule is COC(=O)[C@H](NCc1ccc(OC)cc1)C(C)C. The Morgan fingerprint density at radius 2 is 1.83 bits per heavy atom. The molecular formula is C14H21NO3. The van der Waals surface area contributed by atoms with Gasteiger partial charge in [0, 0.05) is 6.54 Å². The first-order chi connectivity index (χ1) is 8.58. The third-order valence-corrected chi connectivity index (χ3v) is 2.81. The molecule has 0 bridgehead atoms. The van der Waals surface area contributed by atoms with E-state index in [2.05, 4.69) is 5.32 Å². The van der Waals surface area contributed by atoms with Gasteiger partial charge < -0.3 is 14.8 Å². The fraction of sp³-hybridized carbons (Fsp3) is 0.500. The quantitative estimate of drug-likeness (QED) is 0.785. The van der Waals surface area contributed by atoms with E-state index in [0.717, 1.165) is 11.3 Å². The molecule has 4 heteroatoms. The average molecular weight is 251 g/mol. The highest BCUT2D eigenvalue weighted by Crippen LogP contribution is 2.12. The molecule has 0 unspecified atom stereocenters. The van der Waals surface area contributed by atoms with Crippen LogP contribution >= 0.6 is 0 Å². The third kappa shape index (κ3) is 4.04. The first-order valence-corrected chi connectivity index (χ1v) is 6.02. The maximum absolute atomic E-state index is 11.6. The lowest BCUT2D eigenvalue weighted by Crippen LogP contribution is -2.41. The van der Waals surface area contributed by atoms with Crippen molar-refractivity contribution < 1.29 is 14.3 Å². The monoisotopic (exact) mass is 251 g/mol. The molecule has 0 aliphatic carbocycles. The molecule has 0 spiro atoms. The number of esters is 1. The number of nitrogens with one attached hydrogen (secondary N) is 1. The highest BCUT2D eigenvalue weighted by atomic mass is 16.5. The summed E-state index contributed by atoms with van der Waals surface area (Å²) in [6.45, 7) is 4.60. The summed E-state index contributed by atoms with van der Waals surface area (Å²) in [5, 5.41) is 3.21. The third-order valence-electron chi connectivity index (χ3n) is 2.81. The summed E-state index contributed by atoms with van der Waals surface area (Å²) < 4.78 is 9.87. The molecule has 1 aromatic carbocycles. The van der Waals surface area contributed by atoms with Crippen molar-refractivity contribution in [3.8, 4) is 5.75 Å². The van der Waals surface area contributed by atoms with Crippen LogP contribution in [0, 0.1) is 5.92 Å². The second-order valence-corrected chi connectivity index (χ2v) is 4.47. The van der Waals surface area contributed by atoms with E-state index in [1.807, 2.05) is 38.1 Å². The number of carbonyl (C=O) groups is 1. The van der Waals surface area contributed by atoms with Crippen LogP contribution in [0.4, 0.5) is 0 Å². The van der Waals surface area contributed by atoms with Gasteiger partial charge in [0.15, 0.2) is 0 Å². The largest absolute Gasteiger partial charge is 0.497 e. The molecule has 0 heterocycles. The van der Waals surface area contributed by atoms with E-state index in [-0.39, 0.29) is 17.9 Å². The van der Waals surface area contributed by atoms with Gasteiger partial charge in [0.05, 0.1) is 14.2 Å². The Hall–Kier alpha value is -1.55. The predicted octanol–water partition coefficient (Wildman–Crippen LogP) is 1.98. The van der Waals surface area contributed by atoms with Gasteiger partial charge >= 0.3 is 5.97 Å². The van der Waals surface area contributed by atoms with Crippen molar-refractivity contribution in [3.05, 3.63) is 29.8 Å². The fourth-order valence-electron chi connectivity index (χ4n) is 1.69. The van der Waals surface area contributed by atoms with E-state index in [4.69, 9.17) is 9.47 Å². The second kappa shape index (κ2) is 7.01. The van der Waals surface area contributed by atoms with Gasteiger partial charge in [-0.25, -0.2) is 0 Å². The number of ether oxygens (including phenoxy) is 2. The minimum atomic E-state index is -0.280. The van der Waals surface area contributed by atoms with Crippen molar-refractivity contribution in [1.82, 2.24) is 5.32 Å². The summed E-state index contributed by atoms with van der Waals surface area (Å²) in [4.78, 5) is 11.6. The van der Waals surface area contributed by atoms with Crippen LogP contribution in [0.2, 0.25) is 0 Å². The van der Waals surface area contributed by atoms with E-state index in [1.54, 1.807) is 7.11 Å². The van der Waals surface area contributed by atoms with Crippen molar-refractivity contribution in [3.63, 3.8) is 0 Å². The van der Waals surface area contributed by atoms with Gasteiger partial charge in [-0.2, -0.15) is 0 Å². The highest BCUT2D eigenvalue weighted by Gasteiger charge is 2.21. The molecule has 0 fully saturated rings. The molecule has 4 nitrogen and oxygen atoms in total. The molecule has 1 N–H and O–H groups in total. The molecule has 0 radical (unpaired) electrons. The highest BCUT2D eigenvalue weighted by molar-refractivity contribution is 5.75. The lowest BCUT2D eigenvalue weighted by atomic mass is 10.0. The van der Waals surface area contributed by atoms with Crippen molar-refractivity contribution in [2.24, 2.45) is 5.92 Å². The van der Waals surface area contributed by atoms with Crippen LogP contribution in [0.3, 0.4) is 0 Å². The number of carbonyl (C=O) groups excluding carboxylic acids is 1. The normalized spacial score (nSPS) is 12.3. The van der Waals surface area contributed by atoms with Crippen molar-refractivity contribution in [2.45, 2.75) is 26.4 Å². The van der Waals surface area contributed by atoms with Gasteiger partial charge in [0.2, 0.25) is 0 Å². The summed E-state index contributed by atoms with van der Waals surface area (Å²) in [7, 11) is 3.05. The fourth-order valence-corrected chi connectivity index (χ4v) is 1.69. The molecule has 0 amide bonds. The lowest BCUT2D eigenvalue weighted by Gasteiger charge is -2.19. The van der Waals surface area contributed by atoms with Gasteiger partial charge in [-0.1, -0.05) is 26.0 Å². The van der Waals surface area contributed by atoms with Gasteiger partial charge in [0.25, 0.3) is 0 Å². The number of benzene rings is 1. The zero-order valence-electron chi connectivity index (χ0n) is 11.4. The van der Waals surface area contributed by atoms with E-state index in [0.29, 0.717) is 6.54 Å². The Bertz CT molecular complexity index is 373. The van der Waals surface area contributed by atoms with Gasteiger partial charge in [-0.15, -0.1) is 0 Å². The topological polar surface area (TPSA) is 47.6 Å². The van der Waals surface area contributed by atoms with Crippen LogP contribution in [0.5, 0.6) is 5.75 Å². The molecule has 0 saturated heterocycles. The Balaban J connectivity index is 2.58. The minimum Gasteiger partial charge on any atom is -0.497 e. The van der Waals surface area contributed by atoms with Crippen LogP contribution in [0.1, 0.15) is 19.4 Å². The molecule has 1 aromatic rings. The molecule has 1 rings (SSSR count). The van der Waals surface area contributed by atoms with Gasteiger partial charge in [0.1, 0.15) is 11.8 Å². The maximum Gasteiger partial charge on any atom is 0.323 e.